The summed E-state index contributed by atoms with van der Waals surface area (Å²) in [6, 6.07) is 16.2. The maximum atomic E-state index is 12.9. The number of rotatable bonds is 9. The monoisotopic (exact) mass is 519 g/mol. The molecule has 0 bridgehead atoms. The van der Waals surface area contributed by atoms with Gasteiger partial charge in [0.25, 0.3) is 0 Å². The minimum Gasteiger partial charge on any atom is -0.497 e. The van der Waals surface area contributed by atoms with Gasteiger partial charge in [-0.05, 0) is 67.4 Å². The van der Waals surface area contributed by atoms with Crippen molar-refractivity contribution in [2.24, 2.45) is 0 Å². The molecular weight excluding hydrogens is 482 g/mol. The topological polar surface area (TPSA) is 47.6 Å². The van der Waals surface area contributed by atoms with Crippen molar-refractivity contribution >= 4 is 30.2 Å². The molecule has 0 aliphatic rings. The summed E-state index contributed by atoms with van der Waals surface area (Å²) in [6.45, 7) is 15.1. The number of nitrogens with one attached hydrogen (secondary N) is 1. The predicted molar refractivity (Wildman–Crippen MR) is 139 cm³/mol. The first-order valence-electron chi connectivity index (χ1n) is 11.2. The Kier molecular flexibility index (Phi) is 9.14. The van der Waals surface area contributed by atoms with E-state index in [1.54, 1.807) is 7.11 Å². The third kappa shape index (κ3) is 7.19. The zero-order chi connectivity index (χ0) is 24.1. The Morgan fingerprint density at radius 1 is 1.06 bits per heavy atom. The maximum absolute atomic E-state index is 12.9. The molecule has 0 unspecified atom stereocenters. The molecule has 176 valence electrons. The van der Waals surface area contributed by atoms with Crippen LogP contribution in [-0.4, -0.2) is 33.5 Å². The van der Waals surface area contributed by atoms with Gasteiger partial charge in [-0.2, -0.15) is 0 Å². The lowest BCUT2D eigenvalue weighted by molar-refractivity contribution is -0.123. The Balaban J connectivity index is 2.17. The van der Waals surface area contributed by atoms with Crippen molar-refractivity contribution in [2.75, 3.05) is 7.11 Å². The molecular formula is C26H38BrNO3Si. The summed E-state index contributed by atoms with van der Waals surface area (Å²) in [4.78, 5) is 12.9. The number of halogens is 1. The van der Waals surface area contributed by atoms with E-state index >= 15 is 0 Å². The van der Waals surface area contributed by atoms with Crippen molar-refractivity contribution < 1.29 is 14.0 Å². The normalized spacial score (nSPS) is 15.0. The summed E-state index contributed by atoms with van der Waals surface area (Å²) in [5.41, 5.74) is 2.27. The summed E-state index contributed by atoms with van der Waals surface area (Å²) in [6.07, 6.45) is 0.235. The van der Waals surface area contributed by atoms with Crippen LogP contribution in [0.2, 0.25) is 18.1 Å². The van der Waals surface area contributed by atoms with Gasteiger partial charge in [0.05, 0.1) is 19.6 Å². The second-order valence-corrected chi connectivity index (χ2v) is 15.7. The maximum Gasteiger partial charge on any atom is 0.222 e. The van der Waals surface area contributed by atoms with Crippen molar-refractivity contribution in [3.8, 4) is 5.75 Å². The van der Waals surface area contributed by atoms with Gasteiger partial charge in [-0.3, -0.25) is 4.79 Å². The Hall–Kier alpha value is -1.63. The van der Waals surface area contributed by atoms with Crippen LogP contribution in [0.15, 0.2) is 53.0 Å². The summed E-state index contributed by atoms with van der Waals surface area (Å²) in [7, 11) is -0.251. The van der Waals surface area contributed by atoms with E-state index in [9.17, 15) is 4.79 Å². The van der Waals surface area contributed by atoms with Crippen LogP contribution >= 0.6 is 15.9 Å². The number of hydrogen-bond donors (Lipinski definition) is 1. The molecule has 1 N–H and O–H groups in total. The third-order valence-electron chi connectivity index (χ3n) is 6.35. The largest absolute Gasteiger partial charge is 0.497 e. The van der Waals surface area contributed by atoms with Gasteiger partial charge in [-0.15, -0.1) is 0 Å². The van der Waals surface area contributed by atoms with E-state index in [4.69, 9.17) is 9.16 Å². The number of benzene rings is 2. The first-order valence-corrected chi connectivity index (χ1v) is 14.9. The number of carbonyl (C=O) groups excluding carboxylic acids is 1. The number of methoxy groups -OCH3 is 1. The lowest BCUT2D eigenvalue weighted by atomic mass is 9.85. The molecule has 3 atom stereocenters. The molecule has 0 aliphatic carbocycles. The van der Waals surface area contributed by atoms with Gasteiger partial charge >= 0.3 is 0 Å². The van der Waals surface area contributed by atoms with Crippen LogP contribution in [0.5, 0.6) is 5.75 Å². The van der Waals surface area contributed by atoms with Gasteiger partial charge in [-0.1, -0.05) is 61.0 Å². The van der Waals surface area contributed by atoms with Gasteiger partial charge < -0.3 is 14.5 Å². The minimum absolute atomic E-state index is 0.0113. The smallest absolute Gasteiger partial charge is 0.222 e. The number of carbonyl (C=O) groups is 1. The van der Waals surface area contributed by atoms with Crippen LogP contribution in [0.3, 0.4) is 0 Å². The third-order valence-corrected chi connectivity index (χ3v) is 11.4. The molecule has 6 heteroatoms. The number of ether oxygens (including phenoxy) is 1. The lowest BCUT2D eigenvalue weighted by Gasteiger charge is -2.38. The Labute approximate surface area is 203 Å². The molecule has 0 fully saturated rings. The first-order chi connectivity index (χ1) is 14.8. The number of hydrogen-bond acceptors (Lipinski definition) is 3. The number of amides is 1. The van der Waals surface area contributed by atoms with Crippen LogP contribution in [-0.2, 0) is 9.22 Å². The molecule has 2 aromatic carbocycles. The fourth-order valence-electron chi connectivity index (χ4n) is 3.66. The van der Waals surface area contributed by atoms with Gasteiger partial charge in [0.1, 0.15) is 5.75 Å². The lowest BCUT2D eigenvalue weighted by Crippen LogP contribution is -2.45. The zero-order valence-corrected chi connectivity index (χ0v) is 23.2. The second-order valence-electron chi connectivity index (χ2n) is 10.1. The molecule has 0 heterocycles. The SMILES string of the molecule is COc1ccc([C@@H](c2cccc(Br)c2)[C@@H](C)NC(=O)C[C@H](C)O[Si](C)(C)C(C)(C)C)cc1. The van der Waals surface area contributed by atoms with Crippen LogP contribution in [0.4, 0.5) is 0 Å². The van der Waals surface area contributed by atoms with Crippen molar-refractivity contribution in [3.05, 3.63) is 64.1 Å². The van der Waals surface area contributed by atoms with E-state index in [-0.39, 0.29) is 29.0 Å². The van der Waals surface area contributed by atoms with E-state index < -0.39 is 8.32 Å². The van der Waals surface area contributed by atoms with E-state index in [0.717, 1.165) is 21.3 Å². The van der Waals surface area contributed by atoms with E-state index in [1.165, 1.54) is 0 Å². The molecule has 1 amide bonds. The second kappa shape index (κ2) is 11.0. The van der Waals surface area contributed by atoms with E-state index in [1.807, 2.05) is 31.2 Å². The van der Waals surface area contributed by atoms with Crippen LogP contribution in [0, 0.1) is 0 Å². The zero-order valence-electron chi connectivity index (χ0n) is 20.7. The van der Waals surface area contributed by atoms with Crippen molar-refractivity contribution in [1.29, 1.82) is 0 Å². The van der Waals surface area contributed by atoms with Gasteiger partial charge in [-0.25, -0.2) is 0 Å². The average Bonchev–Trinajstić information content (AvgIpc) is 2.67. The average molecular weight is 521 g/mol. The quantitative estimate of drug-likeness (QED) is 0.366. The van der Waals surface area contributed by atoms with E-state index in [2.05, 4.69) is 86.3 Å². The predicted octanol–water partition coefficient (Wildman–Crippen LogP) is 6.89. The molecule has 0 saturated carbocycles. The molecule has 4 nitrogen and oxygen atoms in total. The standard InChI is InChI=1S/C26H38BrNO3Si/c1-18(31-32(7,8)26(3,4)5)16-24(29)28-19(2)25(21-10-9-11-22(27)17-21)20-12-14-23(30-6)15-13-20/h9-15,17-19,25H,16H2,1-8H3,(H,28,29)/t18-,19+,25-/m0/s1. The Morgan fingerprint density at radius 3 is 2.22 bits per heavy atom. The molecule has 2 aromatic rings. The van der Waals surface area contributed by atoms with Gasteiger partial charge in [0.15, 0.2) is 8.32 Å². The minimum atomic E-state index is -1.91. The van der Waals surface area contributed by atoms with Crippen LogP contribution in [0.25, 0.3) is 0 Å². The summed E-state index contributed by atoms with van der Waals surface area (Å²) < 4.78 is 12.7. The van der Waals surface area contributed by atoms with Crippen molar-refractivity contribution in [2.45, 2.75) is 77.2 Å². The highest BCUT2D eigenvalue weighted by Gasteiger charge is 2.38. The Morgan fingerprint density at radius 2 is 1.69 bits per heavy atom. The summed E-state index contributed by atoms with van der Waals surface area (Å²) in [5, 5.41) is 3.35. The van der Waals surface area contributed by atoms with Crippen LogP contribution < -0.4 is 10.1 Å². The first kappa shape index (κ1) is 26.6. The summed E-state index contributed by atoms with van der Waals surface area (Å²) >= 11 is 3.58. The van der Waals surface area contributed by atoms with Crippen molar-refractivity contribution in [1.82, 2.24) is 5.32 Å². The van der Waals surface area contributed by atoms with E-state index in [0.29, 0.717) is 6.42 Å². The molecule has 2 rings (SSSR count). The summed E-state index contributed by atoms with van der Waals surface area (Å²) in [5.74, 6) is 0.839. The molecule has 0 saturated heterocycles. The Bertz CT molecular complexity index is 893. The molecule has 0 spiro atoms. The molecule has 32 heavy (non-hydrogen) atoms. The van der Waals surface area contributed by atoms with Gasteiger partial charge in [0.2, 0.25) is 5.91 Å². The molecule has 0 aliphatic heterocycles. The van der Waals surface area contributed by atoms with Gasteiger partial charge in [0, 0.05) is 16.4 Å². The highest BCUT2D eigenvalue weighted by Crippen LogP contribution is 2.37. The molecule has 0 aromatic heterocycles. The molecule has 0 radical (unpaired) electrons. The fourth-order valence-corrected chi connectivity index (χ4v) is 5.52. The highest BCUT2D eigenvalue weighted by molar-refractivity contribution is 9.10. The fraction of sp³-hybridized carbons (Fsp3) is 0.500. The highest BCUT2D eigenvalue weighted by atomic mass is 79.9. The van der Waals surface area contributed by atoms with Crippen molar-refractivity contribution in [3.63, 3.8) is 0 Å². The van der Waals surface area contributed by atoms with Crippen LogP contribution in [0.1, 0.15) is 58.1 Å².